The Morgan fingerprint density at radius 1 is 1.29 bits per heavy atom. The van der Waals surface area contributed by atoms with Crippen LogP contribution in [0.1, 0.15) is 50.4 Å². The molecule has 24 heavy (non-hydrogen) atoms. The molecule has 1 aromatic carbocycles. The highest BCUT2D eigenvalue weighted by molar-refractivity contribution is 5.94. The van der Waals surface area contributed by atoms with Crippen molar-refractivity contribution < 1.29 is 14.3 Å². The number of hydrogen-bond acceptors (Lipinski definition) is 4. The Balaban J connectivity index is 1.88. The fourth-order valence-electron chi connectivity index (χ4n) is 2.92. The highest BCUT2D eigenvalue weighted by atomic mass is 16.5. The van der Waals surface area contributed by atoms with Gasteiger partial charge in [0.15, 0.2) is 11.9 Å². The van der Waals surface area contributed by atoms with E-state index in [4.69, 9.17) is 4.74 Å². The quantitative estimate of drug-likeness (QED) is 0.744. The molecule has 1 heterocycles. The van der Waals surface area contributed by atoms with Gasteiger partial charge in [-0.15, -0.1) is 0 Å². The van der Waals surface area contributed by atoms with Crippen LogP contribution in [-0.4, -0.2) is 48.4 Å². The first-order valence-corrected chi connectivity index (χ1v) is 8.80. The van der Waals surface area contributed by atoms with E-state index >= 15 is 0 Å². The monoisotopic (exact) mass is 332 g/mol. The number of ether oxygens (including phenoxy) is 1. The average molecular weight is 332 g/mol. The summed E-state index contributed by atoms with van der Waals surface area (Å²) in [5, 5.41) is 3.08. The van der Waals surface area contributed by atoms with E-state index in [0.717, 1.165) is 26.1 Å². The van der Waals surface area contributed by atoms with Crippen LogP contribution in [0.15, 0.2) is 24.3 Å². The van der Waals surface area contributed by atoms with Crippen molar-refractivity contribution in [2.75, 3.05) is 19.6 Å². The Kier molecular flexibility index (Phi) is 6.79. The van der Waals surface area contributed by atoms with Crippen molar-refractivity contribution in [3.05, 3.63) is 29.8 Å². The molecule has 132 valence electrons. The molecule has 0 radical (unpaired) electrons. The van der Waals surface area contributed by atoms with Gasteiger partial charge in [0.2, 0.25) is 0 Å². The van der Waals surface area contributed by atoms with Crippen molar-refractivity contribution in [3.63, 3.8) is 0 Å². The largest absolute Gasteiger partial charge is 0.481 e. The van der Waals surface area contributed by atoms with Crippen LogP contribution in [-0.2, 0) is 4.79 Å². The number of ketones is 1. The second-order valence-electron chi connectivity index (χ2n) is 6.47. The molecular formula is C19H28N2O3. The molecule has 0 saturated carbocycles. The van der Waals surface area contributed by atoms with Crippen molar-refractivity contribution in [3.8, 4) is 5.75 Å². The maximum atomic E-state index is 12.4. The van der Waals surface area contributed by atoms with Gasteiger partial charge in [0.1, 0.15) is 5.75 Å². The number of benzene rings is 1. The molecule has 1 aromatic rings. The minimum Gasteiger partial charge on any atom is -0.481 e. The van der Waals surface area contributed by atoms with Crippen LogP contribution in [0.2, 0.25) is 0 Å². The second-order valence-corrected chi connectivity index (χ2v) is 6.47. The Hall–Kier alpha value is -1.88. The zero-order valence-corrected chi connectivity index (χ0v) is 14.9. The third-order valence-electron chi connectivity index (χ3n) is 4.44. The molecule has 1 fully saturated rings. The Morgan fingerprint density at radius 3 is 2.62 bits per heavy atom. The van der Waals surface area contributed by atoms with E-state index in [9.17, 15) is 9.59 Å². The van der Waals surface area contributed by atoms with Gasteiger partial charge >= 0.3 is 0 Å². The zero-order valence-electron chi connectivity index (χ0n) is 14.9. The molecule has 1 saturated heterocycles. The van der Waals surface area contributed by atoms with Gasteiger partial charge in [0.25, 0.3) is 5.91 Å². The maximum absolute atomic E-state index is 12.4. The summed E-state index contributed by atoms with van der Waals surface area (Å²) >= 11 is 0. The molecule has 0 spiro atoms. The number of carbonyl (C=O) groups is 2. The van der Waals surface area contributed by atoms with E-state index in [1.54, 1.807) is 31.2 Å². The maximum Gasteiger partial charge on any atom is 0.261 e. The summed E-state index contributed by atoms with van der Waals surface area (Å²) in [6.07, 6.45) is 2.79. The SMILES string of the molecule is CC[C@H](CN1CCCC1)NC(=O)[C@H](C)Oc1cccc(C(C)=O)c1. The lowest BCUT2D eigenvalue weighted by atomic mass is 10.1. The normalized spacial score (nSPS) is 17.3. The standard InChI is InChI=1S/C19H28N2O3/c1-4-17(13-21-10-5-6-11-21)20-19(23)15(3)24-18-9-7-8-16(12-18)14(2)22/h7-9,12,15,17H,4-6,10-11,13H2,1-3H3,(H,20,23)/t15-,17+/m0/s1. The van der Waals surface area contributed by atoms with E-state index < -0.39 is 6.10 Å². The smallest absolute Gasteiger partial charge is 0.261 e. The van der Waals surface area contributed by atoms with Gasteiger partial charge in [-0.05, 0) is 58.3 Å². The molecule has 0 aromatic heterocycles. The van der Waals surface area contributed by atoms with Crippen LogP contribution in [0.25, 0.3) is 0 Å². The summed E-state index contributed by atoms with van der Waals surface area (Å²) in [5.41, 5.74) is 0.584. The lowest BCUT2D eigenvalue weighted by molar-refractivity contribution is -0.128. The van der Waals surface area contributed by atoms with Crippen LogP contribution in [0.4, 0.5) is 0 Å². The Bertz CT molecular complexity index is 567. The first-order chi connectivity index (χ1) is 11.5. The predicted molar refractivity (Wildman–Crippen MR) is 94.4 cm³/mol. The lowest BCUT2D eigenvalue weighted by Gasteiger charge is -2.25. The minimum atomic E-state index is -0.597. The highest BCUT2D eigenvalue weighted by Gasteiger charge is 2.21. The van der Waals surface area contributed by atoms with E-state index in [-0.39, 0.29) is 17.7 Å². The number of hydrogen-bond donors (Lipinski definition) is 1. The summed E-state index contributed by atoms with van der Waals surface area (Å²) in [7, 11) is 0. The summed E-state index contributed by atoms with van der Waals surface area (Å²) in [6, 6.07) is 7.08. The number of nitrogens with zero attached hydrogens (tertiary/aromatic N) is 1. The lowest BCUT2D eigenvalue weighted by Crippen LogP contribution is -2.47. The first-order valence-electron chi connectivity index (χ1n) is 8.80. The molecule has 0 aliphatic carbocycles. The summed E-state index contributed by atoms with van der Waals surface area (Å²) in [4.78, 5) is 26.2. The molecule has 1 aliphatic heterocycles. The van der Waals surface area contributed by atoms with Gasteiger partial charge in [0, 0.05) is 18.2 Å². The molecule has 5 heteroatoms. The topological polar surface area (TPSA) is 58.6 Å². The third-order valence-corrected chi connectivity index (χ3v) is 4.44. The van der Waals surface area contributed by atoms with Crippen molar-refractivity contribution in [2.45, 2.75) is 52.2 Å². The van der Waals surface area contributed by atoms with E-state index in [1.165, 1.54) is 19.8 Å². The molecule has 1 N–H and O–H groups in total. The summed E-state index contributed by atoms with van der Waals surface area (Å²) < 4.78 is 5.70. The van der Waals surface area contributed by atoms with E-state index in [1.807, 2.05) is 0 Å². The van der Waals surface area contributed by atoms with Crippen LogP contribution in [0.5, 0.6) is 5.75 Å². The third kappa shape index (κ3) is 5.34. The van der Waals surface area contributed by atoms with Crippen LogP contribution >= 0.6 is 0 Å². The van der Waals surface area contributed by atoms with Gasteiger partial charge in [-0.25, -0.2) is 0 Å². The fourth-order valence-corrected chi connectivity index (χ4v) is 2.92. The molecule has 2 rings (SSSR count). The number of Topliss-reactive ketones (excluding diaryl/α,β-unsaturated/α-hetero) is 1. The molecule has 1 aliphatic rings. The van der Waals surface area contributed by atoms with Crippen molar-refractivity contribution >= 4 is 11.7 Å². The van der Waals surface area contributed by atoms with Crippen molar-refractivity contribution in [2.24, 2.45) is 0 Å². The predicted octanol–water partition coefficient (Wildman–Crippen LogP) is 2.65. The van der Waals surface area contributed by atoms with Crippen LogP contribution in [0.3, 0.4) is 0 Å². The van der Waals surface area contributed by atoms with Gasteiger partial charge in [-0.2, -0.15) is 0 Å². The Morgan fingerprint density at radius 2 is 2.00 bits per heavy atom. The van der Waals surface area contributed by atoms with Gasteiger partial charge < -0.3 is 15.0 Å². The fraction of sp³-hybridized carbons (Fsp3) is 0.579. The van der Waals surface area contributed by atoms with Crippen LogP contribution in [0, 0.1) is 0 Å². The number of rotatable bonds is 8. The summed E-state index contributed by atoms with van der Waals surface area (Å²) in [5.74, 6) is 0.404. The first kappa shape index (κ1) is 18.5. The zero-order chi connectivity index (χ0) is 17.5. The molecular weight excluding hydrogens is 304 g/mol. The Labute approximate surface area is 144 Å². The van der Waals surface area contributed by atoms with Gasteiger partial charge in [-0.1, -0.05) is 19.1 Å². The summed E-state index contributed by atoms with van der Waals surface area (Å²) in [6.45, 7) is 8.47. The van der Waals surface area contributed by atoms with Crippen molar-refractivity contribution in [1.29, 1.82) is 0 Å². The van der Waals surface area contributed by atoms with Gasteiger partial charge in [-0.3, -0.25) is 9.59 Å². The molecule has 2 atom stereocenters. The van der Waals surface area contributed by atoms with Crippen LogP contribution < -0.4 is 10.1 Å². The number of likely N-dealkylation sites (tertiary alicyclic amines) is 1. The van der Waals surface area contributed by atoms with Crippen molar-refractivity contribution in [1.82, 2.24) is 10.2 Å². The van der Waals surface area contributed by atoms with E-state index in [0.29, 0.717) is 11.3 Å². The highest BCUT2D eigenvalue weighted by Crippen LogP contribution is 2.16. The second kappa shape index (κ2) is 8.83. The number of carbonyl (C=O) groups excluding carboxylic acids is 2. The molecule has 5 nitrogen and oxygen atoms in total. The van der Waals surface area contributed by atoms with E-state index in [2.05, 4.69) is 17.1 Å². The van der Waals surface area contributed by atoms with Gasteiger partial charge in [0.05, 0.1) is 0 Å². The number of nitrogens with one attached hydrogen (secondary N) is 1. The average Bonchev–Trinajstić information content (AvgIpc) is 3.07. The minimum absolute atomic E-state index is 0.0192. The molecule has 0 bridgehead atoms. The number of amides is 1. The molecule has 0 unspecified atom stereocenters. The molecule has 1 amide bonds.